The molecule has 0 nitrogen and oxygen atoms in total. The third kappa shape index (κ3) is 1.42. The highest BCUT2D eigenvalue weighted by Crippen LogP contribution is 2.47. The zero-order valence-corrected chi connectivity index (χ0v) is 6.68. The number of halogens is 8. The molecule has 0 bridgehead atoms. The molecule has 0 aliphatic heterocycles. The van der Waals surface area contributed by atoms with Gasteiger partial charge in [0.1, 0.15) is 0 Å². The van der Waals surface area contributed by atoms with Gasteiger partial charge >= 0.3 is 0 Å². The summed E-state index contributed by atoms with van der Waals surface area (Å²) in [6, 6.07) is 0. The normalized spacial score (nSPS) is 33.0. The highest BCUT2D eigenvalue weighted by atomic mass is 19.3. The van der Waals surface area contributed by atoms with E-state index in [4.69, 9.17) is 0 Å². The zero-order valence-electron chi connectivity index (χ0n) is 6.68. The molecule has 0 heterocycles. The Morgan fingerprint density at radius 3 is 1.87 bits per heavy atom. The van der Waals surface area contributed by atoms with Crippen molar-refractivity contribution >= 4 is 0 Å². The van der Waals surface area contributed by atoms with Gasteiger partial charge in [0.15, 0.2) is 23.3 Å². The predicted octanol–water partition coefficient (Wildman–Crippen LogP) is 3.61. The predicted molar refractivity (Wildman–Crippen MR) is 33.2 cm³/mol. The molecule has 15 heavy (non-hydrogen) atoms. The molecule has 0 saturated carbocycles. The van der Waals surface area contributed by atoms with Crippen LogP contribution in [0.1, 0.15) is 0 Å². The van der Waals surface area contributed by atoms with Crippen molar-refractivity contribution in [3.63, 3.8) is 0 Å². The highest BCUT2D eigenvalue weighted by Gasteiger charge is 2.60. The SMILES string of the molecule is FC1=C(F)C(F)C(F)(C(F)F)C(F)=C1F. The highest BCUT2D eigenvalue weighted by molar-refractivity contribution is 5.39. The maximum Gasteiger partial charge on any atom is 0.282 e. The number of rotatable bonds is 1. The van der Waals surface area contributed by atoms with Crippen molar-refractivity contribution < 1.29 is 35.1 Å². The molecule has 0 aromatic carbocycles. The first-order valence-corrected chi connectivity index (χ1v) is 3.47. The lowest BCUT2D eigenvalue weighted by molar-refractivity contribution is -0.0708. The topological polar surface area (TPSA) is 0 Å². The summed E-state index contributed by atoms with van der Waals surface area (Å²) in [5.41, 5.74) is -4.82. The molecule has 0 amide bonds. The standard InChI is InChI=1S/C7H2F8/c8-1-2(9)4(11)7(15,6(13)14)5(12)3(1)10/h4,6H. The molecule has 86 valence electrons. The van der Waals surface area contributed by atoms with Crippen LogP contribution in [0.5, 0.6) is 0 Å². The van der Waals surface area contributed by atoms with Gasteiger partial charge in [-0.3, -0.25) is 0 Å². The Labute approximate surface area is 77.9 Å². The van der Waals surface area contributed by atoms with E-state index in [1.54, 1.807) is 0 Å². The van der Waals surface area contributed by atoms with Crippen LogP contribution in [-0.4, -0.2) is 18.3 Å². The minimum absolute atomic E-state index is 2.64. The van der Waals surface area contributed by atoms with Gasteiger partial charge in [-0.2, -0.15) is 0 Å². The van der Waals surface area contributed by atoms with E-state index in [1.807, 2.05) is 0 Å². The molecule has 1 rings (SSSR count). The summed E-state index contributed by atoms with van der Waals surface area (Å²) in [5.74, 6) is -11.1. The van der Waals surface area contributed by atoms with Crippen molar-refractivity contribution in [1.82, 2.24) is 0 Å². The second kappa shape index (κ2) is 3.49. The fourth-order valence-corrected chi connectivity index (χ4v) is 0.983. The quantitative estimate of drug-likeness (QED) is 0.612. The Balaban J connectivity index is 3.39. The maximum absolute atomic E-state index is 12.9. The van der Waals surface area contributed by atoms with Gasteiger partial charge in [-0.15, -0.1) is 0 Å². The smallest absolute Gasteiger partial charge is 0.235 e. The molecule has 8 heteroatoms. The molecule has 0 N–H and O–H groups in total. The van der Waals surface area contributed by atoms with Gasteiger partial charge in [0.2, 0.25) is 6.17 Å². The van der Waals surface area contributed by atoms with E-state index in [-0.39, 0.29) is 0 Å². The first-order valence-electron chi connectivity index (χ1n) is 3.47. The van der Waals surface area contributed by atoms with Crippen LogP contribution in [0.25, 0.3) is 0 Å². The van der Waals surface area contributed by atoms with E-state index < -0.39 is 41.6 Å². The van der Waals surface area contributed by atoms with Crippen molar-refractivity contribution in [2.75, 3.05) is 0 Å². The molecule has 0 fully saturated rings. The Hall–Kier alpha value is -1.08. The molecule has 0 aromatic heterocycles. The van der Waals surface area contributed by atoms with Crippen molar-refractivity contribution in [1.29, 1.82) is 0 Å². The van der Waals surface area contributed by atoms with E-state index >= 15 is 0 Å². The average molecular weight is 238 g/mol. The van der Waals surface area contributed by atoms with Crippen molar-refractivity contribution in [3.05, 3.63) is 23.3 Å². The summed E-state index contributed by atoms with van der Waals surface area (Å²) >= 11 is 0. The van der Waals surface area contributed by atoms with Gasteiger partial charge in [-0.1, -0.05) is 0 Å². The fourth-order valence-electron chi connectivity index (χ4n) is 0.983. The summed E-state index contributed by atoms with van der Waals surface area (Å²) in [6.45, 7) is 0. The number of alkyl halides is 4. The summed E-state index contributed by atoms with van der Waals surface area (Å²) < 4.78 is 98.8. The van der Waals surface area contributed by atoms with Gasteiger partial charge in [0, 0.05) is 0 Å². The van der Waals surface area contributed by atoms with E-state index in [2.05, 4.69) is 0 Å². The molecule has 0 radical (unpaired) electrons. The van der Waals surface area contributed by atoms with Crippen LogP contribution in [0, 0.1) is 0 Å². The summed E-state index contributed by atoms with van der Waals surface area (Å²) in [5, 5.41) is 0. The lowest BCUT2D eigenvalue weighted by Gasteiger charge is -2.28. The minimum atomic E-state index is -4.82. The van der Waals surface area contributed by atoms with Gasteiger partial charge in [-0.25, -0.2) is 35.1 Å². The maximum atomic E-state index is 12.9. The summed E-state index contributed by atoms with van der Waals surface area (Å²) in [6.07, 6.45) is -8.27. The Morgan fingerprint density at radius 2 is 1.47 bits per heavy atom. The van der Waals surface area contributed by atoms with E-state index in [0.717, 1.165) is 0 Å². The van der Waals surface area contributed by atoms with Crippen LogP contribution in [-0.2, 0) is 0 Å². The van der Waals surface area contributed by atoms with Gasteiger partial charge in [-0.05, 0) is 0 Å². The van der Waals surface area contributed by atoms with Gasteiger partial charge in [0.25, 0.3) is 12.1 Å². The molecule has 1 aliphatic carbocycles. The molecule has 2 unspecified atom stereocenters. The average Bonchev–Trinajstić information content (AvgIpc) is 2.20. The molecular weight excluding hydrogens is 236 g/mol. The van der Waals surface area contributed by atoms with Gasteiger partial charge in [0.05, 0.1) is 0 Å². The molecule has 0 aromatic rings. The van der Waals surface area contributed by atoms with Crippen molar-refractivity contribution in [2.45, 2.75) is 18.3 Å². The molecule has 2 atom stereocenters. The van der Waals surface area contributed by atoms with Crippen LogP contribution in [0.15, 0.2) is 23.3 Å². The minimum Gasteiger partial charge on any atom is -0.235 e. The molecule has 0 saturated heterocycles. The third-order valence-electron chi connectivity index (χ3n) is 1.84. The van der Waals surface area contributed by atoms with Crippen LogP contribution >= 0.6 is 0 Å². The zero-order chi connectivity index (χ0) is 12.0. The summed E-state index contributed by atoms with van der Waals surface area (Å²) in [7, 11) is 0. The van der Waals surface area contributed by atoms with Gasteiger partial charge < -0.3 is 0 Å². The van der Waals surface area contributed by atoms with Crippen molar-refractivity contribution in [2.24, 2.45) is 0 Å². The number of hydrogen-bond donors (Lipinski definition) is 0. The Bertz CT molecular complexity index is 343. The molecular formula is C7H2F8. The van der Waals surface area contributed by atoms with Crippen LogP contribution < -0.4 is 0 Å². The van der Waals surface area contributed by atoms with E-state index in [0.29, 0.717) is 0 Å². The lowest BCUT2D eigenvalue weighted by atomic mass is 9.92. The van der Waals surface area contributed by atoms with Crippen molar-refractivity contribution in [3.8, 4) is 0 Å². The lowest BCUT2D eigenvalue weighted by Crippen LogP contribution is -2.46. The Morgan fingerprint density at radius 1 is 1.00 bits per heavy atom. The largest absolute Gasteiger partial charge is 0.282 e. The first kappa shape index (κ1) is 12.0. The fraction of sp³-hybridized carbons (Fsp3) is 0.429. The monoisotopic (exact) mass is 238 g/mol. The Kier molecular flexibility index (Phi) is 2.79. The van der Waals surface area contributed by atoms with E-state index in [1.165, 1.54) is 0 Å². The molecule has 0 spiro atoms. The second-order valence-corrected chi connectivity index (χ2v) is 2.72. The summed E-state index contributed by atoms with van der Waals surface area (Å²) in [4.78, 5) is 0. The second-order valence-electron chi connectivity index (χ2n) is 2.72. The van der Waals surface area contributed by atoms with Crippen LogP contribution in [0.2, 0.25) is 0 Å². The molecule has 1 aliphatic rings. The third-order valence-corrected chi connectivity index (χ3v) is 1.84. The van der Waals surface area contributed by atoms with Crippen LogP contribution in [0.3, 0.4) is 0 Å². The first-order chi connectivity index (χ1) is 6.74. The van der Waals surface area contributed by atoms with E-state index in [9.17, 15) is 35.1 Å². The number of hydrogen-bond acceptors (Lipinski definition) is 0. The van der Waals surface area contributed by atoms with Crippen LogP contribution in [0.4, 0.5) is 35.1 Å². The number of allylic oxidation sites excluding steroid dienone is 4.